The van der Waals surface area contributed by atoms with Crippen LogP contribution in [0.1, 0.15) is 84.0 Å². The molecule has 0 rings (SSSR count). The average molecular weight is 451 g/mol. The van der Waals surface area contributed by atoms with Crippen molar-refractivity contribution in [3.8, 4) is 0 Å². The van der Waals surface area contributed by atoms with E-state index in [0.717, 1.165) is 19.3 Å². The van der Waals surface area contributed by atoms with Crippen molar-refractivity contribution in [1.29, 1.82) is 0 Å². The first-order valence-electron chi connectivity index (χ1n) is 11.3. The molecule has 1 unspecified atom stereocenters. The minimum atomic E-state index is -4.26. The minimum absolute atomic E-state index is 0.0777. The Morgan fingerprint density at radius 1 is 1.00 bits per heavy atom. The molecule has 0 saturated carbocycles. The van der Waals surface area contributed by atoms with Crippen molar-refractivity contribution < 1.29 is 28.4 Å². The number of nitrogens with one attached hydrogen (secondary N) is 1. The third-order valence-electron chi connectivity index (χ3n) is 4.79. The van der Waals surface area contributed by atoms with E-state index in [0.29, 0.717) is 6.41 Å². The summed E-state index contributed by atoms with van der Waals surface area (Å²) in [4.78, 5) is 20.2. The molecular weight excluding hydrogens is 407 g/mol. The number of amides is 1. The Hall–Kier alpha value is -0.760. The van der Waals surface area contributed by atoms with Crippen molar-refractivity contribution in [2.24, 2.45) is 5.73 Å². The number of hydrogen-bond donors (Lipinski definition) is 4. The third kappa shape index (κ3) is 18.0. The molecule has 0 aromatic rings. The van der Waals surface area contributed by atoms with Crippen LogP contribution in [-0.2, 0) is 18.4 Å². The van der Waals surface area contributed by atoms with E-state index in [9.17, 15) is 19.4 Å². The lowest BCUT2D eigenvalue weighted by Crippen LogP contribution is -2.41. The summed E-state index contributed by atoms with van der Waals surface area (Å²) < 4.78 is 21.1. The van der Waals surface area contributed by atoms with Gasteiger partial charge in [-0.3, -0.25) is 13.8 Å². The van der Waals surface area contributed by atoms with Crippen molar-refractivity contribution >= 4 is 14.2 Å². The first-order chi connectivity index (χ1) is 14.5. The van der Waals surface area contributed by atoms with Gasteiger partial charge in [0.15, 0.2) is 0 Å². The van der Waals surface area contributed by atoms with Gasteiger partial charge in [0, 0.05) is 6.54 Å². The first-order valence-corrected chi connectivity index (χ1v) is 12.8. The van der Waals surface area contributed by atoms with Gasteiger partial charge in [0.1, 0.15) is 0 Å². The first kappa shape index (κ1) is 29.2. The van der Waals surface area contributed by atoms with E-state index in [2.05, 4.69) is 16.8 Å². The Balaban J connectivity index is 3.90. The summed E-state index contributed by atoms with van der Waals surface area (Å²) in [5.41, 5.74) is 5.21. The predicted molar refractivity (Wildman–Crippen MR) is 120 cm³/mol. The van der Waals surface area contributed by atoms with Gasteiger partial charge in [-0.2, -0.15) is 0 Å². The van der Waals surface area contributed by atoms with Crippen molar-refractivity contribution in [2.45, 2.75) is 96.1 Å². The fraction of sp³-hybridized carbons (Fsp3) is 0.857. The van der Waals surface area contributed by atoms with Crippen LogP contribution >= 0.6 is 7.82 Å². The molecule has 3 atom stereocenters. The molecule has 0 fully saturated rings. The number of aliphatic hydroxyl groups is 1. The van der Waals surface area contributed by atoms with E-state index in [1.165, 1.54) is 57.8 Å². The molecule has 1 amide bonds. The van der Waals surface area contributed by atoms with Crippen LogP contribution < -0.4 is 11.1 Å². The fourth-order valence-corrected chi connectivity index (χ4v) is 3.77. The van der Waals surface area contributed by atoms with Gasteiger partial charge in [0.05, 0.1) is 25.4 Å². The molecule has 0 spiro atoms. The Morgan fingerprint density at radius 2 is 1.57 bits per heavy atom. The number of aliphatic hydroxyl groups excluding tert-OH is 1. The maximum atomic E-state index is 11.6. The lowest BCUT2D eigenvalue weighted by atomic mass is 10.0. The van der Waals surface area contributed by atoms with Crippen molar-refractivity contribution in [1.82, 2.24) is 5.32 Å². The molecule has 30 heavy (non-hydrogen) atoms. The number of rotatable bonds is 22. The summed E-state index contributed by atoms with van der Waals surface area (Å²) in [6.45, 7) is 1.83. The zero-order chi connectivity index (χ0) is 22.5. The normalized spacial score (nSPS) is 15.7. The lowest BCUT2D eigenvalue weighted by molar-refractivity contribution is -0.111. The molecule has 0 saturated heterocycles. The summed E-state index contributed by atoms with van der Waals surface area (Å²) >= 11 is 0. The standard InChI is InChI=1S/C21H43N2O6P/c1-2-3-4-5-6-7-8-9-10-11-12-13-14-15-21(25)20(23-19-24)18-29-30(26,27)28-17-16-22/h14-15,19-21,25H,2-13,16-18,22H2,1H3,(H,23,24)(H,26,27)/b15-14+/t20-,21+/m0/s1. The molecule has 0 radical (unpaired) electrons. The zero-order valence-electron chi connectivity index (χ0n) is 18.5. The van der Waals surface area contributed by atoms with Gasteiger partial charge in [-0.05, 0) is 12.8 Å². The third-order valence-corrected chi connectivity index (χ3v) is 5.78. The van der Waals surface area contributed by atoms with E-state index < -0.39 is 20.0 Å². The largest absolute Gasteiger partial charge is 0.472 e. The van der Waals surface area contributed by atoms with Crippen molar-refractivity contribution in [2.75, 3.05) is 19.8 Å². The van der Waals surface area contributed by atoms with Gasteiger partial charge in [-0.15, -0.1) is 0 Å². The molecule has 9 heteroatoms. The zero-order valence-corrected chi connectivity index (χ0v) is 19.4. The lowest BCUT2D eigenvalue weighted by Gasteiger charge is -2.21. The number of hydrogen-bond acceptors (Lipinski definition) is 6. The second-order valence-corrected chi connectivity index (χ2v) is 8.97. The quantitative estimate of drug-likeness (QED) is 0.0853. The number of nitrogens with two attached hydrogens (primary N) is 1. The van der Waals surface area contributed by atoms with E-state index in [1.54, 1.807) is 6.08 Å². The van der Waals surface area contributed by atoms with Gasteiger partial charge in [0.2, 0.25) is 6.41 Å². The van der Waals surface area contributed by atoms with Crippen LogP contribution in [-0.4, -0.2) is 48.3 Å². The van der Waals surface area contributed by atoms with Crippen LogP contribution in [0.2, 0.25) is 0 Å². The average Bonchev–Trinajstić information content (AvgIpc) is 2.72. The molecule has 0 aliphatic carbocycles. The predicted octanol–water partition coefficient (Wildman–Crippen LogP) is 3.81. The maximum absolute atomic E-state index is 11.6. The summed E-state index contributed by atoms with van der Waals surface area (Å²) in [5.74, 6) is 0. The van der Waals surface area contributed by atoms with Crippen LogP contribution in [0.15, 0.2) is 12.2 Å². The van der Waals surface area contributed by atoms with Crippen molar-refractivity contribution in [3.05, 3.63) is 12.2 Å². The fourth-order valence-electron chi connectivity index (χ4n) is 3.01. The van der Waals surface area contributed by atoms with Crippen LogP contribution in [0.5, 0.6) is 0 Å². The Bertz CT molecular complexity index is 478. The molecular formula is C21H43N2O6P. The molecule has 8 nitrogen and oxygen atoms in total. The molecule has 178 valence electrons. The summed E-state index contributed by atoms with van der Waals surface area (Å²) in [5, 5.41) is 12.6. The minimum Gasteiger partial charge on any atom is -0.387 e. The molecule has 5 N–H and O–H groups in total. The number of unbranched alkanes of at least 4 members (excludes halogenated alkanes) is 11. The number of allylic oxidation sites excluding steroid dienone is 1. The van der Waals surface area contributed by atoms with Gasteiger partial charge in [0.25, 0.3) is 0 Å². The molecule has 0 aliphatic rings. The highest BCUT2D eigenvalue weighted by Crippen LogP contribution is 2.42. The van der Waals surface area contributed by atoms with Crippen LogP contribution in [0.4, 0.5) is 0 Å². The van der Waals surface area contributed by atoms with Crippen LogP contribution in [0, 0.1) is 0 Å². The molecule has 0 aromatic heterocycles. The number of carbonyl (C=O) groups excluding carboxylic acids is 1. The maximum Gasteiger partial charge on any atom is 0.472 e. The van der Waals surface area contributed by atoms with Crippen LogP contribution in [0.3, 0.4) is 0 Å². The van der Waals surface area contributed by atoms with E-state index in [-0.39, 0.29) is 19.8 Å². The SMILES string of the molecule is CCCCCCCCCCCCC/C=C/[C@@H](O)[C@H](COP(=O)(O)OCCN)NC=O. The Kier molecular flexibility index (Phi) is 19.6. The highest BCUT2D eigenvalue weighted by Gasteiger charge is 2.25. The van der Waals surface area contributed by atoms with Gasteiger partial charge >= 0.3 is 7.82 Å². The van der Waals surface area contributed by atoms with E-state index in [4.69, 9.17) is 10.3 Å². The molecule has 0 aromatic carbocycles. The number of carbonyl (C=O) groups is 1. The summed E-state index contributed by atoms with van der Waals surface area (Å²) in [6, 6.07) is -0.849. The Labute approximate surface area is 182 Å². The molecule has 0 bridgehead atoms. The number of phosphoric ester groups is 1. The monoisotopic (exact) mass is 450 g/mol. The number of phosphoric acid groups is 1. The van der Waals surface area contributed by atoms with Gasteiger partial charge in [-0.1, -0.05) is 83.3 Å². The highest BCUT2D eigenvalue weighted by molar-refractivity contribution is 7.47. The topological polar surface area (TPSA) is 131 Å². The highest BCUT2D eigenvalue weighted by atomic mass is 31.2. The second-order valence-electron chi connectivity index (χ2n) is 7.52. The Morgan fingerprint density at radius 3 is 2.10 bits per heavy atom. The van der Waals surface area contributed by atoms with Gasteiger partial charge in [-0.25, -0.2) is 4.57 Å². The van der Waals surface area contributed by atoms with Crippen LogP contribution in [0.25, 0.3) is 0 Å². The summed E-state index contributed by atoms with van der Waals surface area (Å²) in [7, 11) is -4.26. The van der Waals surface area contributed by atoms with Gasteiger partial charge < -0.3 is 21.1 Å². The van der Waals surface area contributed by atoms with E-state index in [1.807, 2.05) is 6.08 Å². The smallest absolute Gasteiger partial charge is 0.387 e. The summed E-state index contributed by atoms with van der Waals surface area (Å²) in [6.07, 6.45) is 17.7. The molecule has 0 aliphatic heterocycles. The van der Waals surface area contributed by atoms with E-state index >= 15 is 0 Å². The molecule has 0 heterocycles. The second kappa shape index (κ2) is 20.2. The van der Waals surface area contributed by atoms with Crippen molar-refractivity contribution in [3.63, 3.8) is 0 Å².